The van der Waals surface area contributed by atoms with Crippen molar-refractivity contribution in [2.75, 3.05) is 13.2 Å². The molecule has 6 rings (SSSR count). The van der Waals surface area contributed by atoms with E-state index < -0.39 is 17.9 Å². The average Bonchev–Trinajstić information content (AvgIpc) is 3.39. The largest absolute Gasteiger partial charge is 0.475 e. The first kappa shape index (κ1) is 20.0. The van der Waals surface area contributed by atoms with Gasteiger partial charge in [-0.25, -0.2) is 23.7 Å². The molecule has 7 nitrogen and oxygen atoms in total. The maximum Gasteiger partial charge on any atom is 0.280 e. The van der Waals surface area contributed by atoms with E-state index in [4.69, 9.17) is 14.5 Å². The van der Waals surface area contributed by atoms with E-state index in [2.05, 4.69) is 16.9 Å². The van der Waals surface area contributed by atoms with Crippen LogP contribution in [0, 0.1) is 0 Å². The van der Waals surface area contributed by atoms with Crippen LogP contribution in [0.4, 0.5) is 8.78 Å². The summed E-state index contributed by atoms with van der Waals surface area (Å²) in [7, 11) is 0. The molecule has 2 saturated heterocycles. The smallest absolute Gasteiger partial charge is 0.280 e. The number of nitrogens with zero attached hydrogens (tertiary/aromatic N) is 4. The minimum atomic E-state index is -2.73. The number of imidazole rings is 1. The molecule has 3 fully saturated rings. The van der Waals surface area contributed by atoms with Gasteiger partial charge < -0.3 is 13.9 Å². The summed E-state index contributed by atoms with van der Waals surface area (Å²) >= 11 is 0. The van der Waals surface area contributed by atoms with Gasteiger partial charge in [-0.3, -0.25) is 4.79 Å². The van der Waals surface area contributed by atoms with Crippen molar-refractivity contribution in [3.63, 3.8) is 0 Å². The first-order valence-corrected chi connectivity index (χ1v) is 10.2. The number of halogens is 2. The lowest BCUT2D eigenvalue weighted by molar-refractivity contribution is 0.0154. The van der Waals surface area contributed by atoms with Gasteiger partial charge in [-0.1, -0.05) is 6.07 Å². The summed E-state index contributed by atoms with van der Waals surface area (Å²) in [6.07, 6.45) is 2.71. The van der Waals surface area contributed by atoms with Crippen LogP contribution in [0.3, 0.4) is 0 Å². The molecule has 31 heavy (non-hydrogen) atoms. The van der Waals surface area contributed by atoms with Crippen LogP contribution in [-0.4, -0.2) is 44.0 Å². The zero-order chi connectivity index (χ0) is 21.8. The van der Waals surface area contributed by atoms with Crippen LogP contribution >= 0.6 is 0 Å². The van der Waals surface area contributed by atoms with Crippen molar-refractivity contribution in [3.05, 3.63) is 53.4 Å². The van der Waals surface area contributed by atoms with Crippen LogP contribution in [0.15, 0.2) is 30.6 Å². The molecule has 3 aliphatic rings. The molecule has 1 aliphatic carbocycles. The van der Waals surface area contributed by atoms with E-state index in [-0.39, 0.29) is 23.1 Å². The summed E-state index contributed by atoms with van der Waals surface area (Å²) in [4.78, 5) is 25.7. The van der Waals surface area contributed by atoms with Gasteiger partial charge in [0.05, 0.1) is 36.6 Å². The molecule has 0 atom stereocenters. The van der Waals surface area contributed by atoms with Crippen LogP contribution < -0.4 is 4.74 Å². The van der Waals surface area contributed by atoms with E-state index >= 15 is 0 Å². The minimum Gasteiger partial charge on any atom is -0.475 e. The van der Waals surface area contributed by atoms with Crippen molar-refractivity contribution in [2.24, 2.45) is 0 Å². The fraction of sp³-hybridized carbons (Fsp3) is 0.455. The predicted molar refractivity (Wildman–Crippen MR) is 107 cm³/mol. The molecule has 9 heteroatoms. The molecule has 162 valence electrons. The van der Waals surface area contributed by atoms with Gasteiger partial charge in [0.2, 0.25) is 5.65 Å². The number of rotatable bonds is 7. The quantitative estimate of drug-likeness (QED) is 0.534. The third-order valence-electron chi connectivity index (χ3n) is 6.02. The Morgan fingerprint density at radius 3 is 2.74 bits per heavy atom. The van der Waals surface area contributed by atoms with Gasteiger partial charge in [0, 0.05) is 17.8 Å². The van der Waals surface area contributed by atoms with Gasteiger partial charge in [-0.05, 0) is 38.8 Å². The maximum absolute atomic E-state index is 12.9. The van der Waals surface area contributed by atoms with Crippen molar-refractivity contribution in [3.8, 4) is 5.88 Å². The first-order chi connectivity index (χ1) is 14.8. The second kappa shape index (κ2) is 7.05. The molecule has 0 amide bonds. The number of ether oxygens (including phenoxy) is 2. The van der Waals surface area contributed by atoms with E-state index in [1.807, 2.05) is 17.5 Å². The lowest BCUT2D eigenvalue weighted by atomic mass is 9.62. The molecule has 2 aliphatic heterocycles. The average molecular weight is 428 g/mol. The lowest BCUT2D eigenvalue weighted by Gasteiger charge is -2.41. The molecule has 0 spiro atoms. The van der Waals surface area contributed by atoms with E-state index in [1.54, 1.807) is 6.20 Å². The standard InChI is InChI=1S/C22H22F2N4O3/c1-3-30-20-19-27-17(22-10-21(2,11-22)31-12-22)9-28(19)8-13(25-20)7-16(29)14-5-4-6-15(26-14)18(23)24/h4-6,8-9,18H,3,7,10-12H2,1-2H3. The van der Waals surface area contributed by atoms with E-state index in [0.29, 0.717) is 30.4 Å². The van der Waals surface area contributed by atoms with Crippen molar-refractivity contribution in [1.29, 1.82) is 0 Å². The second-order valence-electron chi connectivity index (χ2n) is 8.55. The van der Waals surface area contributed by atoms with Crippen molar-refractivity contribution in [2.45, 2.75) is 50.6 Å². The zero-order valence-electron chi connectivity index (χ0n) is 17.3. The number of carbonyl (C=O) groups excluding carboxylic acids is 1. The second-order valence-corrected chi connectivity index (χ2v) is 8.55. The highest BCUT2D eigenvalue weighted by molar-refractivity contribution is 5.95. The molecule has 0 radical (unpaired) electrons. The predicted octanol–water partition coefficient (Wildman–Crippen LogP) is 3.71. The zero-order valence-corrected chi connectivity index (χ0v) is 17.3. The monoisotopic (exact) mass is 428 g/mol. The highest BCUT2D eigenvalue weighted by atomic mass is 19.3. The van der Waals surface area contributed by atoms with E-state index in [0.717, 1.165) is 18.5 Å². The molecule has 0 unspecified atom stereocenters. The topological polar surface area (TPSA) is 78.6 Å². The van der Waals surface area contributed by atoms with Crippen molar-refractivity contribution in [1.82, 2.24) is 19.4 Å². The summed E-state index contributed by atoms with van der Waals surface area (Å²) in [6.45, 7) is 5.00. The highest BCUT2D eigenvalue weighted by Gasteiger charge is 2.61. The Labute approximate surface area is 177 Å². The number of aromatic nitrogens is 4. The Balaban J connectivity index is 1.46. The Kier molecular flexibility index (Phi) is 4.55. The van der Waals surface area contributed by atoms with Gasteiger partial charge in [-0.15, -0.1) is 0 Å². The Hall–Kier alpha value is -2.94. The first-order valence-electron chi connectivity index (χ1n) is 10.2. The van der Waals surface area contributed by atoms with Gasteiger partial charge in [0.25, 0.3) is 12.3 Å². The van der Waals surface area contributed by atoms with E-state index in [1.165, 1.54) is 18.2 Å². The number of fused-ring (bicyclic) bond motifs is 2. The molecule has 5 heterocycles. The molecule has 1 saturated carbocycles. The van der Waals surface area contributed by atoms with Gasteiger partial charge in [0.15, 0.2) is 5.78 Å². The summed E-state index contributed by atoms with van der Waals surface area (Å²) in [6, 6.07) is 4.03. The number of Topliss-reactive ketones (excluding diaryl/α,β-unsaturated/α-hetero) is 1. The van der Waals surface area contributed by atoms with Crippen LogP contribution in [-0.2, 0) is 16.6 Å². The molecule has 3 aromatic rings. The molecule has 3 aromatic heterocycles. The molecule has 2 bridgehead atoms. The normalized spacial score (nSPS) is 24.5. The van der Waals surface area contributed by atoms with Crippen LogP contribution in [0.5, 0.6) is 5.88 Å². The molecule has 0 N–H and O–H groups in total. The van der Waals surface area contributed by atoms with Crippen LogP contribution in [0.25, 0.3) is 5.65 Å². The van der Waals surface area contributed by atoms with Crippen LogP contribution in [0.2, 0.25) is 0 Å². The molecule has 0 aromatic carbocycles. The SMILES string of the molecule is CCOc1nc(CC(=O)c2cccc(C(F)F)n2)cn2cc(C34COC(C)(C3)C4)nc12. The number of alkyl halides is 2. The lowest BCUT2D eigenvalue weighted by Crippen LogP contribution is -2.45. The third-order valence-corrected chi connectivity index (χ3v) is 6.02. The maximum atomic E-state index is 12.9. The van der Waals surface area contributed by atoms with Gasteiger partial charge in [-0.2, -0.15) is 0 Å². The summed E-state index contributed by atoms with van der Waals surface area (Å²) in [5.74, 6) is -0.0552. The summed E-state index contributed by atoms with van der Waals surface area (Å²) in [5.41, 5.74) is 1.39. The highest BCUT2D eigenvalue weighted by Crippen LogP contribution is 2.58. The summed E-state index contributed by atoms with van der Waals surface area (Å²) in [5, 5.41) is 0. The fourth-order valence-corrected chi connectivity index (χ4v) is 4.73. The Morgan fingerprint density at radius 1 is 1.26 bits per heavy atom. The van der Waals surface area contributed by atoms with Gasteiger partial charge in [0.1, 0.15) is 11.4 Å². The third kappa shape index (κ3) is 3.37. The fourth-order valence-electron chi connectivity index (χ4n) is 4.73. The number of ketones is 1. The summed E-state index contributed by atoms with van der Waals surface area (Å²) < 4.78 is 39.2. The number of pyridine rings is 1. The van der Waals surface area contributed by atoms with Crippen LogP contribution in [0.1, 0.15) is 60.7 Å². The van der Waals surface area contributed by atoms with Crippen molar-refractivity contribution >= 4 is 11.4 Å². The molecular weight excluding hydrogens is 406 g/mol. The Morgan fingerprint density at radius 2 is 2.06 bits per heavy atom. The molecular formula is C22H22F2N4O3. The number of hydrogen-bond acceptors (Lipinski definition) is 6. The minimum absolute atomic E-state index is 0.0141. The number of hydrogen-bond donors (Lipinski definition) is 0. The van der Waals surface area contributed by atoms with E-state index in [9.17, 15) is 13.6 Å². The number of carbonyl (C=O) groups is 1. The van der Waals surface area contributed by atoms with Gasteiger partial charge >= 0.3 is 0 Å². The Bertz CT molecular complexity index is 1170. The van der Waals surface area contributed by atoms with Crippen molar-refractivity contribution < 1.29 is 23.0 Å².